The Labute approximate surface area is 103 Å². The third-order valence-electron chi connectivity index (χ3n) is 3.98. The maximum atomic E-state index is 5.48. The predicted octanol–water partition coefficient (Wildman–Crippen LogP) is 2.47. The molecule has 1 aliphatic carbocycles. The second-order valence-electron chi connectivity index (χ2n) is 5.86. The van der Waals surface area contributed by atoms with Crippen molar-refractivity contribution in [3.05, 3.63) is 11.7 Å². The molecule has 17 heavy (non-hydrogen) atoms. The molecule has 0 radical (unpaired) electrons. The summed E-state index contributed by atoms with van der Waals surface area (Å²) in [4.78, 5) is 4.62. The standard InChI is InChI=1S/C13H23N3O/c1-8(2)10(9(3)14-5)11-15-12(16-17-11)13(4)6-7-13/h8-10,14H,6-7H2,1-5H3. The van der Waals surface area contributed by atoms with E-state index in [9.17, 15) is 0 Å². The van der Waals surface area contributed by atoms with E-state index in [2.05, 4.69) is 43.2 Å². The molecule has 0 saturated heterocycles. The molecule has 1 aromatic rings. The van der Waals surface area contributed by atoms with E-state index in [1.807, 2.05) is 7.05 Å². The first-order valence-electron chi connectivity index (χ1n) is 6.49. The molecule has 0 aromatic carbocycles. The number of nitrogens with zero attached hydrogens (tertiary/aromatic N) is 2. The molecule has 1 fully saturated rings. The van der Waals surface area contributed by atoms with E-state index in [4.69, 9.17) is 4.52 Å². The summed E-state index contributed by atoms with van der Waals surface area (Å²) in [5.41, 5.74) is 0.187. The van der Waals surface area contributed by atoms with Crippen LogP contribution in [0.25, 0.3) is 0 Å². The largest absolute Gasteiger partial charge is 0.339 e. The number of rotatable bonds is 5. The Morgan fingerprint density at radius 1 is 1.29 bits per heavy atom. The van der Waals surface area contributed by atoms with Crippen LogP contribution in [-0.2, 0) is 5.41 Å². The Balaban J connectivity index is 2.21. The second kappa shape index (κ2) is 4.41. The first-order chi connectivity index (χ1) is 7.98. The van der Waals surface area contributed by atoms with Crippen LogP contribution in [0.1, 0.15) is 58.2 Å². The van der Waals surface area contributed by atoms with Crippen LogP contribution in [0.4, 0.5) is 0 Å². The van der Waals surface area contributed by atoms with E-state index in [1.165, 1.54) is 12.8 Å². The van der Waals surface area contributed by atoms with Gasteiger partial charge in [0.05, 0.1) is 5.92 Å². The van der Waals surface area contributed by atoms with Crippen molar-refractivity contribution in [3.63, 3.8) is 0 Å². The lowest BCUT2D eigenvalue weighted by Gasteiger charge is -2.23. The molecule has 0 amide bonds. The summed E-state index contributed by atoms with van der Waals surface area (Å²) in [5.74, 6) is 2.44. The molecule has 1 saturated carbocycles. The molecule has 4 nitrogen and oxygen atoms in total. The fourth-order valence-electron chi connectivity index (χ4n) is 2.28. The van der Waals surface area contributed by atoms with E-state index < -0.39 is 0 Å². The van der Waals surface area contributed by atoms with Crippen molar-refractivity contribution in [2.45, 2.75) is 57.9 Å². The van der Waals surface area contributed by atoms with Crippen LogP contribution >= 0.6 is 0 Å². The van der Waals surface area contributed by atoms with Gasteiger partial charge in [-0.25, -0.2) is 0 Å². The van der Waals surface area contributed by atoms with Gasteiger partial charge in [0.15, 0.2) is 5.82 Å². The number of hydrogen-bond donors (Lipinski definition) is 1. The van der Waals surface area contributed by atoms with Crippen LogP contribution in [0, 0.1) is 5.92 Å². The number of nitrogens with one attached hydrogen (secondary N) is 1. The molecule has 1 heterocycles. The molecule has 0 bridgehead atoms. The smallest absolute Gasteiger partial charge is 0.231 e. The lowest BCUT2D eigenvalue weighted by atomic mass is 9.89. The quantitative estimate of drug-likeness (QED) is 0.854. The molecule has 4 heteroatoms. The maximum Gasteiger partial charge on any atom is 0.231 e. The average molecular weight is 237 g/mol. The Bertz CT molecular complexity index is 382. The molecule has 2 unspecified atom stereocenters. The van der Waals surface area contributed by atoms with E-state index >= 15 is 0 Å². The molecule has 1 aromatic heterocycles. The van der Waals surface area contributed by atoms with Gasteiger partial charge in [0.1, 0.15) is 0 Å². The third kappa shape index (κ3) is 2.37. The SMILES string of the molecule is CNC(C)C(c1nc(C2(C)CC2)no1)C(C)C. The maximum absolute atomic E-state index is 5.48. The molecule has 1 N–H and O–H groups in total. The first kappa shape index (κ1) is 12.6. The van der Waals surface area contributed by atoms with E-state index in [0.29, 0.717) is 12.0 Å². The highest BCUT2D eigenvalue weighted by Crippen LogP contribution is 2.46. The summed E-state index contributed by atoms with van der Waals surface area (Å²) in [6, 6.07) is 0.343. The summed E-state index contributed by atoms with van der Waals surface area (Å²) in [7, 11) is 1.97. The van der Waals surface area contributed by atoms with Crippen LogP contribution in [-0.4, -0.2) is 23.2 Å². The summed E-state index contributed by atoms with van der Waals surface area (Å²) in [5, 5.41) is 7.44. The fraction of sp³-hybridized carbons (Fsp3) is 0.846. The van der Waals surface area contributed by atoms with Gasteiger partial charge < -0.3 is 9.84 Å². The molecular formula is C13H23N3O. The van der Waals surface area contributed by atoms with Crippen LogP contribution in [0.3, 0.4) is 0 Å². The summed E-state index contributed by atoms with van der Waals surface area (Å²) >= 11 is 0. The minimum absolute atomic E-state index is 0.187. The Morgan fingerprint density at radius 2 is 1.94 bits per heavy atom. The lowest BCUT2D eigenvalue weighted by molar-refractivity contribution is 0.284. The Kier molecular flexibility index (Phi) is 3.25. The zero-order chi connectivity index (χ0) is 12.6. The molecule has 2 atom stereocenters. The third-order valence-corrected chi connectivity index (χ3v) is 3.98. The van der Waals surface area contributed by atoms with E-state index in [0.717, 1.165) is 11.7 Å². The van der Waals surface area contributed by atoms with Gasteiger partial charge in [-0.1, -0.05) is 25.9 Å². The highest BCUT2D eigenvalue weighted by atomic mass is 16.5. The van der Waals surface area contributed by atoms with Crippen molar-refractivity contribution in [2.75, 3.05) is 7.05 Å². The van der Waals surface area contributed by atoms with Crippen LogP contribution < -0.4 is 5.32 Å². The second-order valence-corrected chi connectivity index (χ2v) is 5.86. The minimum atomic E-state index is 0.187. The van der Waals surface area contributed by atoms with Crippen molar-refractivity contribution >= 4 is 0 Å². The van der Waals surface area contributed by atoms with E-state index in [1.54, 1.807) is 0 Å². The molecular weight excluding hydrogens is 214 g/mol. The van der Waals surface area contributed by atoms with Gasteiger partial charge in [0.25, 0.3) is 0 Å². The van der Waals surface area contributed by atoms with Crippen LogP contribution in [0.5, 0.6) is 0 Å². The summed E-state index contributed by atoms with van der Waals surface area (Å²) in [6.07, 6.45) is 2.36. The van der Waals surface area contributed by atoms with Gasteiger partial charge in [0.2, 0.25) is 5.89 Å². The van der Waals surface area contributed by atoms with Crippen molar-refractivity contribution in [1.82, 2.24) is 15.5 Å². The van der Waals surface area contributed by atoms with Crippen molar-refractivity contribution in [1.29, 1.82) is 0 Å². The van der Waals surface area contributed by atoms with Gasteiger partial charge in [-0.05, 0) is 32.7 Å². The zero-order valence-electron chi connectivity index (χ0n) is 11.4. The lowest BCUT2D eigenvalue weighted by Crippen LogP contribution is -2.32. The number of hydrogen-bond acceptors (Lipinski definition) is 4. The summed E-state index contributed by atoms with van der Waals surface area (Å²) < 4.78 is 5.48. The van der Waals surface area contributed by atoms with Crippen molar-refractivity contribution < 1.29 is 4.52 Å². The summed E-state index contributed by atoms with van der Waals surface area (Å²) in [6.45, 7) is 8.75. The average Bonchev–Trinajstić information content (AvgIpc) is 2.84. The molecule has 2 rings (SSSR count). The normalized spacial score (nSPS) is 21.5. The Hall–Kier alpha value is -0.900. The first-order valence-corrected chi connectivity index (χ1v) is 6.49. The van der Waals surface area contributed by atoms with Gasteiger partial charge in [0, 0.05) is 11.5 Å². The van der Waals surface area contributed by atoms with Gasteiger partial charge in [-0.15, -0.1) is 0 Å². The molecule has 1 aliphatic rings. The minimum Gasteiger partial charge on any atom is -0.339 e. The zero-order valence-corrected chi connectivity index (χ0v) is 11.4. The van der Waals surface area contributed by atoms with Crippen LogP contribution in [0.2, 0.25) is 0 Å². The highest BCUT2D eigenvalue weighted by molar-refractivity contribution is 5.15. The van der Waals surface area contributed by atoms with E-state index in [-0.39, 0.29) is 11.3 Å². The highest BCUT2D eigenvalue weighted by Gasteiger charge is 2.44. The molecule has 0 spiro atoms. The van der Waals surface area contributed by atoms with Gasteiger partial charge in [-0.2, -0.15) is 4.98 Å². The van der Waals surface area contributed by atoms with Gasteiger partial charge in [-0.3, -0.25) is 0 Å². The number of aromatic nitrogens is 2. The van der Waals surface area contributed by atoms with Crippen molar-refractivity contribution in [2.24, 2.45) is 5.92 Å². The topological polar surface area (TPSA) is 51.0 Å². The molecule has 0 aliphatic heterocycles. The monoisotopic (exact) mass is 237 g/mol. The van der Waals surface area contributed by atoms with Crippen molar-refractivity contribution in [3.8, 4) is 0 Å². The predicted molar refractivity (Wildman–Crippen MR) is 67.0 cm³/mol. The van der Waals surface area contributed by atoms with Crippen LogP contribution in [0.15, 0.2) is 4.52 Å². The fourth-order valence-corrected chi connectivity index (χ4v) is 2.28. The number of likely N-dealkylation sites (N-methyl/N-ethyl adjacent to an activating group) is 1. The Morgan fingerprint density at radius 3 is 2.41 bits per heavy atom. The van der Waals surface area contributed by atoms with Gasteiger partial charge >= 0.3 is 0 Å². The molecule has 96 valence electrons.